The first kappa shape index (κ1) is 12.0. The Morgan fingerprint density at radius 2 is 2.15 bits per heavy atom. The van der Waals surface area contributed by atoms with Crippen LogP contribution in [-0.2, 0) is 4.79 Å². The molecule has 1 amide bonds. The van der Waals surface area contributed by atoms with Gasteiger partial charge in [-0.05, 0) is 12.8 Å². The largest absolute Gasteiger partial charge is 0.356 e. The smallest absolute Gasteiger partial charge is 0.225 e. The van der Waals surface area contributed by atoms with Crippen molar-refractivity contribution in [3.63, 3.8) is 0 Å². The molecule has 0 aliphatic carbocycles. The zero-order valence-electron chi connectivity index (χ0n) is 8.68. The lowest BCUT2D eigenvalue weighted by atomic mass is 9.89. The second kappa shape index (κ2) is 5.58. The number of nitriles is 1. The molecule has 0 aromatic heterocycles. The maximum absolute atomic E-state index is 11.5. The summed E-state index contributed by atoms with van der Waals surface area (Å²) in [7, 11) is 0. The van der Waals surface area contributed by atoms with Crippen molar-refractivity contribution in [1.29, 1.82) is 5.26 Å². The van der Waals surface area contributed by atoms with E-state index in [1.54, 1.807) is 0 Å². The molecule has 0 fully saturated rings. The molecule has 13 heavy (non-hydrogen) atoms. The Hall–Kier alpha value is -1.04. The van der Waals surface area contributed by atoms with Crippen LogP contribution in [0.4, 0.5) is 0 Å². The Balaban J connectivity index is 3.70. The number of rotatable bonds is 5. The van der Waals surface area contributed by atoms with E-state index in [4.69, 9.17) is 5.26 Å². The highest BCUT2D eigenvalue weighted by Crippen LogP contribution is 2.19. The van der Waals surface area contributed by atoms with E-state index in [9.17, 15) is 4.79 Å². The van der Waals surface area contributed by atoms with Gasteiger partial charge in [-0.15, -0.1) is 0 Å². The van der Waals surface area contributed by atoms with Crippen LogP contribution in [0.5, 0.6) is 0 Å². The third-order valence-corrected chi connectivity index (χ3v) is 2.25. The van der Waals surface area contributed by atoms with Crippen molar-refractivity contribution in [2.45, 2.75) is 40.0 Å². The standard InChI is InChI=1S/C10H18N2O/c1-4-10(2,3)9(13)12-8-6-5-7-11/h4-6,8H2,1-3H3,(H,12,13). The summed E-state index contributed by atoms with van der Waals surface area (Å²) < 4.78 is 0. The molecule has 0 aromatic carbocycles. The predicted molar refractivity (Wildman–Crippen MR) is 51.9 cm³/mol. The minimum absolute atomic E-state index is 0.0768. The maximum atomic E-state index is 11.5. The van der Waals surface area contributed by atoms with Crippen molar-refractivity contribution in [3.8, 4) is 6.07 Å². The van der Waals surface area contributed by atoms with Crippen LogP contribution in [0.2, 0.25) is 0 Å². The SMILES string of the molecule is CCC(C)(C)C(=O)NCCCC#N. The van der Waals surface area contributed by atoms with Crippen LogP contribution in [-0.4, -0.2) is 12.5 Å². The Morgan fingerprint density at radius 3 is 2.62 bits per heavy atom. The van der Waals surface area contributed by atoms with Gasteiger partial charge in [-0.1, -0.05) is 20.8 Å². The van der Waals surface area contributed by atoms with E-state index >= 15 is 0 Å². The van der Waals surface area contributed by atoms with Crippen molar-refractivity contribution in [1.82, 2.24) is 5.32 Å². The number of hydrogen-bond acceptors (Lipinski definition) is 2. The number of amides is 1. The van der Waals surface area contributed by atoms with Gasteiger partial charge in [0.2, 0.25) is 5.91 Å². The van der Waals surface area contributed by atoms with Gasteiger partial charge in [0, 0.05) is 18.4 Å². The van der Waals surface area contributed by atoms with E-state index < -0.39 is 0 Å². The molecule has 3 heteroatoms. The van der Waals surface area contributed by atoms with E-state index in [1.807, 2.05) is 26.8 Å². The van der Waals surface area contributed by atoms with Gasteiger partial charge in [-0.3, -0.25) is 4.79 Å². The molecule has 0 aliphatic heterocycles. The molecular weight excluding hydrogens is 164 g/mol. The second-order valence-electron chi connectivity index (χ2n) is 3.76. The topological polar surface area (TPSA) is 52.9 Å². The van der Waals surface area contributed by atoms with E-state index in [0.29, 0.717) is 13.0 Å². The molecule has 0 unspecified atom stereocenters. The highest BCUT2D eigenvalue weighted by molar-refractivity contribution is 5.81. The second-order valence-corrected chi connectivity index (χ2v) is 3.76. The Kier molecular flexibility index (Phi) is 5.13. The predicted octanol–water partition coefficient (Wildman–Crippen LogP) is 1.84. The molecule has 0 heterocycles. The lowest BCUT2D eigenvalue weighted by Crippen LogP contribution is -2.36. The number of nitrogens with zero attached hydrogens (tertiary/aromatic N) is 1. The van der Waals surface area contributed by atoms with Gasteiger partial charge in [0.05, 0.1) is 6.07 Å². The molecule has 0 spiro atoms. The quantitative estimate of drug-likeness (QED) is 0.659. The molecular formula is C10H18N2O. The van der Waals surface area contributed by atoms with Gasteiger partial charge in [0.15, 0.2) is 0 Å². The molecule has 3 nitrogen and oxygen atoms in total. The molecule has 0 aliphatic rings. The van der Waals surface area contributed by atoms with Crippen LogP contribution in [0, 0.1) is 16.7 Å². The monoisotopic (exact) mass is 182 g/mol. The Morgan fingerprint density at radius 1 is 1.54 bits per heavy atom. The van der Waals surface area contributed by atoms with Crippen molar-refractivity contribution in [2.24, 2.45) is 5.41 Å². The molecule has 0 bridgehead atoms. The normalized spacial score (nSPS) is 10.6. The molecule has 0 saturated heterocycles. The first-order valence-corrected chi connectivity index (χ1v) is 4.70. The lowest BCUT2D eigenvalue weighted by Gasteiger charge is -2.21. The summed E-state index contributed by atoms with van der Waals surface area (Å²) in [5.74, 6) is 0.0768. The molecule has 0 atom stereocenters. The summed E-state index contributed by atoms with van der Waals surface area (Å²) in [5, 5.41) is 11.1. The van der Waals surface area contributed by atoms with Gasteiger partial charge >= 0.3 is 0 Å². The fourth-order valence-corrected chi connectivity index (χ4v) is 0.769. The van der Waals surface area contributed by atoms with Gasteiger partial charge < -0.3 is 5.32 Å². The van der Waals surface area contributed by atoms with Gasteiger partial charge in [-0.25, -0.2) is 0 Å². The fourth-order valence-electron chi connectivity index (χ4n) is 0.769. The van der Waals surface area contributed by atoms with Gasteiger partial charge in [0.1, 0.15) is 0 Å². The molecule has 0 saturated carbocycles. The lowest BCUT2D eigenvalue weighted by molar-refractivity contribution is -0.129. The molecule has 74 valence electrons. The van der Waals surface area contributed by atoms with Crippen molar-refractivity contribution < 1.29 is 4.79 Å². The van der Waals surface area contributed by atoms with Crippen LogP contribution < -0.4 is 5.32 Å². The average Bonchev–Trinajstić information content (AvgIpc) is 2.12. The van der Waals surface area contributed by atoms with Crippen molar-refractivity contribution >= 4 is 5.91 Å². The molecule has 0 rings (SSSR count). The summed E-state index contributed by atoms with van der Waals surface area (Å²) in [6.45, 7) is 6.45. The van der Waals surface area contributed by atoms with E-state index in [2.05, 4.69) is 5.32 Å². The summed E-state index contributed by atoms with van der Waals surface area (Å²) in [4.78, 5) is 11.5. The number of unbranched alkanes of at least 4 members (excludes halogenated alkanes) is 1. The average molecular weight is 182 g/mol. The Labute approximate surface area is 80.1 Å². The summed E-state index contributed by atoms with van der Waals surface area (Å²) in [6, 6.07) is 2.04. The highest BCUT2D eigenvalue weighted by atomic mass is 16.2. The maximum Gasteiger partial charge on any atom is 0.225 e. The van der Waals surface area contributed by atoms with Crippen LogP contribution >= 0.6 is 0 Å². The number of hydrogen-bond donors (Lipinski definition) is 1. The summed E-state index contributed by atoms with van der Waals surface area (Å²) >= 11 is 0. The highest BCUT2D eigenvalue weighted by Gasteiger charge is 2.24. The first-order valence-electron chi connectivity index (χ1n) is 4.70. The zero-order chi connectivity index (χ0) is 10.3. The van der Waals surface area contributed by atoms with Crippen molar-refractivity contribution in [2.75, 3.05) is 6.54 Å². The summed E-state index contributed by atoms with van der Waals surface area (Å²) in [5.41, 5.74) is -0.285. The van der Waals surface area contributed by atoms with E-state index in [1.165, 1.54) is 0 Å². The Bertz CT molecular complexity index is 203. The zero-order valence-corrected chi connectivity index (χ0v) is 8.68. The molecule has 0 aromatic rings. The van der Waals surface area contributed by atoms with Crippen molar-refractivity contribution in [3.05, 3.63) is 0 Å². The molecule has 0 radical (unpaired) electrons. The van der Waals surface area contributed by atoms with E-state index in [0.717, 1.165) is 12.8 Å². The van der Waals surface area contributed by atoms with Gasteiger partial charge in [-0.2, -0.15) is 5.26 Å². The minimum atomic E-state index is -0.285. The number of nitrogens with one attached hydrogen (secondary N) is 1. The van der Waals surface area contributed by atoms with E-state index in [-0.39, 0.29) is 11.3 Å². The fraction of sp³-hybridized carbons (Fsp3) is 0.800. The van der Waals surface area contributed by atoms with Crippen LogP contribution in [0.3, 0.4) is 0 Å². The minimum Gasteiger partial charge on any atom is -0.356 e. The number of carbonyl (C=O) groups is 1. The third kappa shape index (κ3) is 4.51. The third-order valence-electron chi connectivity index (χ3n) is 2.25. The first-order chi connectivity index (χ1) is 6.04. The molecule has 1 N–H and O–H groups in total. The van der Waals surface area contributed by atoms with Crippen LogP contribution in [0.1, 0.15) is 40.0 Å². The summed E-state index contributed by atoms with van der Waals surface area (Å²) in [6.07, 6.45) is 2.08. The van der Waals surface area contributed by atoms with Crippen LogP contribution in [0.15, 0.2) is 0 Å². The van der Waals surface area contributed by atoms with Crippen LogP contribution in [0.25, 0.3) is 0 Å². The van der Waals surface area contributed by atoms with Gasteiger partial charge in [0.25, 0.3) is 0 Å². The number of carbonyl (C=O) groups excluding carboxylic acids is 1.